The first kappa shape index (κ1) is 16.8. The lowest BCUT2D eigenvalue weighted by Gasteiger charge is -2.11. The smallest absolute Gasteiger partial charge is 0.251 e. The largest absolute Gasteiger partial charge is 0.507 e. The van der Waals surface area contributed by atoms with Crippen molar-refractivity contribution >= 4 is 16.9 Å². The quantitative estimate of drug-likeness (QED) is 0.583. The standard InChI is InChI=1S/C22H19N3O2/c1-23-22(27)16-11-12-19-18(13-16)24-21(17-9-5-6-10-20(17)26)25(19)14-15-7-3-2-4-8-15/h2-13,26H,14H2,1H3,(H,23,27). The predicted octanol–water partition coefficient (Wildman–Crippen LogP) is 3.82. The number of carbonyl (C=O) groups is 1. The van der Waals surface area contributed by atoms with Crippen molar-refractivity contribution in [3.8, 4) is 17.1 Å². The lowest BCUT2D eigenvalue weighted by Crippen LogP contribution is -2.17. The summed E-state index contributed by atoms with van der Waals surface area (Å²) in [5.74, 6) is 0.688. The Morgan fingerprint density at radius 2 is 1.78 bits per heavy atom. The van der Waals surface area contributed by atoms with Crippen molar-refractivity contribution in [2.75, 3.05) is 7.05 Å². The normalized spacial score (nSPS) is 10.9. The molecule has 0 saturated heterocycles. The highest BCUT2D eigenvalue weighted by Crippen LogP contribution is 2.32. The average Bonchev–Trinajstić information content (AvgIpc) is 3.06. The van der Waals surface area contributed by atoms with Gasteiger partial charge in [-0.1, -0.05) is 42.5 Å². The zero-order chi connectivity index (χ0) is 18.8. The summed E-state index contributed by atoms with van der Waals surface area (Å²) in [5, 5.41) is 13.0. The number of nitrogens with zero attached hydrogens (tertiary/aromatic N) is 2. The molecule has 1 heterocycles. The number of benzene rings is 3. The molecule has 3 aromatic carbocycles. The maximum absolute atomic E-state index is 12.0. The van der Waals surface area contributed by atoms with Gasteiger partial charge in [0.2, 0.25) is 0 Å². The Morgan fingerprint density at radius 3 is 2.52 bits per heavy atom. The fourth-order valence-corrected chi connectivity index (χ4v) is 3.21. The maximum atomic E-state index is 12.0. The van der Waals surface area contributed by atoms with Crippen molar-refractivity contribution in [3.05, 3.63) is 83.9 Å². The summed E-state index contributed by atoms with van der Waals surface area (Å²) in [7, 11) is 1.61. The first-order chi connectivity index (χ1) is 13.2. The lowest BCUT2D eigenvalue weighted by molar-refractivity contribution is 0.0963. The molecule has 1 amide bonds. The number of hydrogen-bond acceptors (Lipinski definition) is 3. The molecule has 0 fully saturated rings. The van der Waals surface area contributed by atoms with Gasteiger partial charge in [0.05, 0.1) is 16.6 Å². The summed E-state index contributed by atoms with van der Waals surface area (Å²) in [4.78, 5) is 16.7. The van der Waals surface area contributed by atoms with Crippen LogP contribution in [0.4, 0.5) is 0 Å². The molecule has 0 radical (unpaired) electrons. The first-order valence-electron chi connectivity index (χ1n) is 8.72. The average molecular weight is 357 g/mol. The van der Waals surface area contributed by atoms with Crippen molar-refractivity contribution in [2.45, 2.75) is 6.54 Å². The van der Waals surface area contributed by atoms with E-state index < -0.39 is 0 Å². The van der Waals surface area contributed by atoms with Gasteiger partial charge in [-0.15, -0.1) is 0 Å². The van der Waals surface area contributed by atoms with E-state index in [1.54, 1.807) is 31.3 Å². The van der Waals surface area contributed by atoms with Gasteiger partial charge >= 0.3 is 0 Å². The second-order valence-electron chi connectivity index (χ2n) is 6.31. The maximum Gasteiger partial charge on any atom is 0.251 e. The van der Waals surface area contributed by atoms with Crippen LogP contribution in [0.25, 0.3) is 22.4 Å². The molecule has 134 valence electrons. The van der Waals surface area contributed by atoms with E-state index in [4.69, 9.17) is 4.98 Å². The fourth-order valence-electron chi connectivity index (χ4n) is 3.21. The zero-order valence-electron chi connectivity index (χ0n) is 14.9. The Morgan fingerprint density at radius 1 is 1.04 bits per heavy atom. The number of amides is 1. The van der Waals surface area contributed by atoms with Crippen LogP contribution in [0, 0.1) is 0 Å². The van der Waals surface area contributed by atoms with Crippen LogP contribution < -0.4 is 5.32 Å². The Labute approximate surface area is 156 Å². The number of rotatable bonds is 4. The van der Waals surface area contributed by atoms with Gasteiger partial charge in [0.15, 0.2) is 0 Å². The molecular weight excluding hydrogens is 338 g/mol. The van der Waals surface area contributed by atoms with Crippen molar-refractivity contribution in [1.82, 2.24) is 14.9 Å². The topological polar surface area (TPSA) is 67.2 Å². The summed E-state index contributed by atoms with van der Waals surface area (Å²) in [6.45, 7) is 0.611. The number of aromatic hydroxyl groups is 1. The molecule has 0 spiro atoms. The van der Waals surface area contributed by atoms with Crippen molar-refractivity contribution in [3.63, 3.8) is 0 Å². The minimum atomic E-state index is -0.154. The second-order valence-corrected chi connectivity index (χ2v) is 6.31. The van der Waals surface area contributed by atoms with E-state index in [9.17, 15) is 9.90 Å². The fraction of sp³-hybridized carbons (Fsp3) is 0.0909. The molecule has 4 rings (SSSR count). The van der Waals surface area contributed by atoms with Crippen LogP contribution in [-0.4, -0.2) is 27.6 Å². The second kappa shape index (κ2) is 6.96. The van der Waals surface area contributed by atoms with Gasteiger partial charge in [-0.2, -0.15) is 0 Å². The number of fused-ring (bicyclic) bond motifs is 1. The highest BCUT2D eigenvalue weighted by Gasteiger charge is 2.17. The van der Waals surface area contributed by atoms with Crippen LogP contribution in [0.5, 0.6) is 5.75 Å². The number of phenolic OH excluding ortho intramolecular Hbond substituents is 1. The Balaban J connectivity index is 1.92. The summed E-state index contributed by atoms with van der Waals surface area (Å²) < 4.78 is 2.06. The summed E-state index contributed by atoms with van der Waals surface area (Å²) in [6.07, 6.45) is 0. The number of nitrogens with one attached hydrogen (secondary N) is 1. The van der Waals surface area contributed by atoms with Crippen LogP contribution in [0.1, 0.15) is 15.9 Å². The third kappa shape index (κ3) is 3.15. The number of hydrogen-bond donors (Lipinski definition) is 2. The third-order valence-corrected chi connectivity index (χ3v) is 4.57. The van der Waals surface area contributed by atoms with E-state index in [-0.39, 0.29) is 11.7 Å². The highest BCUT2D eigenvalue weighted by atomic mass is 16.3. The minimum Gasteiger partial charge on any atom is -0.507 e. The SMILES string of the molecule is CNC(=O)c1ccc2c(c1)nc(-c1ccccc1O)n2Cc1ccccc1. The van der Waals surface area contributed by atoms with E-state index >= 15 is 0 Å². The van der Waals surface area contributed by atoms with Gasteiger partial charge in [-0.05, 0) is 35.9 Å². The van der Waals surface area contributed by atoms with Crippen molar-refractivity contribution < 1.29 is 9.90 Å². The Bertz CT molecular complexity index is 1120. The molecule has 0 unspecified atom stereocenters. The number of phenols is 1. The van der Waals surface area contributed by atoms with Crippen LogP contribution in [0.15, 0.2) is 72.8 Å². The van der Waals surface area contributed by atoms with Gasteiger partial charge in [-0.3, -0.25) is 4.79 Å². The monoisotopic (exact) mass is 357 g/mol. The number of imidazole rings is 1. The zero-order valence-corrected chi connectivity index (χ0v) is 14.9. The van der Waals surface area contributed by atoms with E-state index in [2.05, 4.69) is 22.0 Å². The van der Waals surface area contributed by atoms with Crippen molar-refractivity contribution in [2.24, 2.45) is 0 Å². The van der Waals surface area contributed by atoms with Crippen LogP contribution in [0.2, 0.25) is 0 Å². The molecule has 5 nitrogen and oxygen atoms in total. The molecular formula is C22H19N3O2. The van der Waals surface area contributed by atoms with E-state index in [0.717, 1.165) is 11.1 Å². The lowest BCUT2D eigenvalue weighted by atomic mass is 10.1. The first-order valence-corrected chi connectivity index (χ1v) is 8.72. The van der Waals surface area contributed by atoms with Gasteiger partial charge in [-0.25, -0.2) is 4.98 Å². The van der Waals surface area contributed by atoms with Crippen LogP contribution >= 0.6 is 0 Å². The molecule has 0 aliphatic heterocycles. The van der Waals surface area contributed by atoms with Crippen LogP contribution in [0.3, 0.4) is 0 Å². The summed E-state index contributed by atoms with van der Waals surface area (Å²) >= 11 is 0. The summed E-state index contributed by atoms with van der Waals surface area (Å²) in [6, 6.07) is 22.7. The summed E-state index contributed by atoms with van der Waals surface area (Å²) in [5.41, 5.74) is 3.96. The number of para-hydroxylation sites is 1. The Kier molecular flexibility index (Phi) is 4.34. The molecule has 1 aromatic heterocycles. The van der Waals surface area contributed by atoms with Gasteiger partial charge in [0, 0.05) is 19.2 Å². The van der Waals surface area contributed by atoms with Crippen LogP contribution in [-0.2, 0) is 6.54 Å². The number of aromatic nitrogens is 2. The molecule has 4 aromatic rings. The van der Waals surface area contributed by atoms with Gasteiger partial charge < -0.3 is 15.0 Å². The molecule has 2 N–H and O–H groups in total. The predicted molar refractivity (Wildman–Crippen MR) is 106 cm³/mol. The van der Waals surface area contributed by atoms with Gasteiger partial charge in [0.25, 0.3) is 5.91 Å². The van der Waals surface area contributed by atoms with E-state index in [1.165, 1.54) is 0 Å². The minimum absolute atomic E-state index is 0.154. The van der Waals surface area contributed by atoms with E-state index in [0.29, 0.717) is 29.0 Å². The molecule has 0 saturated carbocycles. The molecule has 27 heavy (non-hydrogen) atoms. The molecule has 0 bridgehead atoms. The molecule has 0 atom stereocenters. The van der Waals surface area contributed by atoms with E-state index in [1.807, 2.05) is 36.4 Å². The van der Waals surface area contributed by atoms with Crippen molar-refractivity contribution in [1.29, 1.82) is 0 Å². The van der Waals surface area contributed by atoms with Gasteiger partial charge in [0.1, 0.15) is 11.6 Å². The third-order valence-electron chi connectivity index (χ3n) is 4.57. The molecule has 5 heteroatoms. The highest BCUT2D eigenvalue weighted by molar-refractivity contribution is 5.97. The molecule has 0 aliphatic rings. The Hall–Kier alpha value is -3.60. The number of carbonyl (C=O) groups excluding carboxylic acids is 1. The molecule has 0 aliphatic carbocycles.